The molecule has 5 nitrogen and oxygen atoms in total. The second-order valence-corrected chi connectivity index (χ2v) is 6.00. The van der Waals surface area contributed by atoms with Crippen LogP contribution in [0.5, 0.6) is 0 Å². The highest BCUT2D eigenvalue weighted by Gasteiger charge is 2.27. The number of aryl methyl sites for hydroxylation is 1. The predicted molar refractivity (Wildman–Crippen MR) is 83.7 cm³/mol. The SMILES string of the molecule is Cc1ccc(CC2CCN(C(=O)c3ccc(=O)[nH]n3)C2)cc1F. The van der Waals surface area contributed by atoms with Crippen molar-refractivity contribution in [1.82, 2.24) is 15.1 Å². The maximum atomic E-state index is 13.6. The van der Waals surface area contributed by atoms with Crippen LogP contribution in [0, 0.1) is 18.7 Å². The molecule has 23 heavy (non-hydrogen) atoms. The van der Waals surface area contributed by atoms with Crippen LogP contribution in [0.4, 0.5) is 4.39 Å². The summed E-state index contributed by atoms with van der Waals surface area (Å²) in [6, 6.07) is 8.02. The quantitative estimate of drug-likeness (QED) is 0.941. The largest absolute Gasteiger partial charge is 0.337 e. The highest BCUT2D eigenvalue weighted by atomic mass is 19.1. The van der Waals surface area contributed by atoms with Crippen LogP contribution in [0.15, 0.2) is 35.1 Å². The monoisotopic (exact) mass is 315 g/mol. The number of hydrogen-bond donors (Lipinski definition) is 1. The van der Waals surface area contributed by atoms with Crippen LogP contribution in [0.2, 0.25) is 0 Å². The van der Waals surface area contributed by atoms with Crippen LogP contribution in [-0.4, -0.2) is 34.1 Å². The first-order valence-corrected chi connectivity index (χ1v) is 7.63. The van der Waals surface area contributed by atoms with Crippen LogP contribution in [-0.2, 0) is 6.42 Å². The van der Waals surface area contributed by atoms with Crippen molar-refractivity contribution in [2.45, 2.75) is 19.8 Å². The second-order valence-electron chi connectivity index (χ2n) is 6.00. The van der Waals surface area contributed by atoms with Crippen LogP contribution in [0.1, 0.15) is 28.0 Å². The fraction of sp³-hybridized carbons (Fsp3) is 0.353. The van der Waals surface area contributed by atoms with Gasteiger partial charge in [0.15, 0.2) is 0 Å². The van der Waals surface area contributed by atoms with Crippen molar-refractivity contribution in [1.29, 1.82) is 0 Å². The molecule has 1 aromatic heterocycles. The minimum absolute atomic E-state index is 0.182. The number of halogens is 1. The van der Waals surface area contributed by atoms with Crippen molar-refractivity contribution in [3.05, 3.63) is 63.3 Å². The van der Waals surface area contributed by atoms with Gasteiger partial charge in [0.2, 0.25) is 0 Å². The van der Waals surface area contributed by atoms with Gasteiger partial charge in [0.25, 0.3) is 11.5 Å². The van der Waals surface area contributed by atoms with Crippen molar-refractivity contribution in [3.8, 4) is 0 Å². The Morgan fingerprint density at radius 2 is 2.22 bits per heavy atom. The number of aromatic nitrogens is 2. The molecule has 2 heterocycles. The normalized spacial score (nSPS) is 17.5. The third kappa shape index (κ3) is 3.47. The standard InChI is InChI=1S/C17H18FN3O2/c1-11-2-3-12(9-14(11)18)8-13-6-7-21(10-13)17(23)15-4-5-16(22)20-19-15/h2-5,9,13H,6-8,10H2,1H3,(H,20,22). The Labute approximate surface area is 133 Å². The molecule has 0 radical (unpaired) electrons. The van der Waals surface area contributed by atoms with Crippen molar-refractivity contribution in [2.24, 2.45) is 5.92 Å². The van der Waals surface area contributed by atoms with Crippen LogP contribution < -0.4 is 5.56 Å². The Hall–Kier alpha value is -2.50. The summed E-state index contributed by atoms with van der Waals surface area (Å²) in [5.74, 6) is -0.0616. The zero-order chi connectivity index (χ0) is 16.4. The summed E-state index contributed by atoms with van der Waals surface area (Å²) in [5, 5.41) is 6.05. The predicted octanol–water partition coefficient (Wildman–Crippen LogP) is 1.92. The zero-order valence-corrected chi connectivity index (χ0v) is 12.9. The van der Waals surface area contributed by atoms with Crippen molar-refractivity contribution >= 4 is 5.91 Å². The number of H-pyrrole nitrogens is 1. The fourth-order valence-electron chi connectivity index (χ4n) is 2.91. The summed E-state index contributed by atoms with van der Waals surface area (Å²) in [7, 11) is 0. The number of likely N-dealkylation sites (tertiary alicyclic amines) is 1. The summed E-state index contributed by atoms with van der Waals surface area (Å²) < 4.78 is 13.6. The Bertz CT molecular complexity index is 767. The Balaban J connectivity index is 1.63. The highest BCUT2D eigenvalue weighted by Crippen LogP contribution is 2.23. The number of carbonyl (C=O) groups excluding carboxylic acids is 1. The van der Waals surface area contributed by atoms with E-state index in [1.54, 1.807) is 24.0 Å². The smallest absolute Gasteiger partial charge is 0.274 e. The van der Waals surface area contributed by atoms with Crippen LogP contribution in [0.3, 0.4) is 0 Å². The second kappa shape index (κ2) is 6.32. The molecule has 1 unspecified atom stereocenters. The topological polar surface area (TPSA) is 66.1 Å². The highest BCUT2D eigenvalue weighted by molar-refractivity contribution is 5.92. The van der Waals surface area contributed by atoms with Gasteiger partial charge in [0.1, 0.15) is 11.5 Å². The molecule has 1 fully saturated rings. The number of aromatic amines is 1. The minimum atomic E-state index is -0.331. The number of carbonyl (C=O) groups is 1. The van der Waals surface area contributed by atoms with Crippen molar-refractivity contribution in [3.63, 3.8) is 0 Å². The molecule has 0 spiro atoms. The molecule has 0 bridgehead atoms. The zero-order valence-electron chi connectivity index (χ0n) is 12.9. The molecule has 1 saturated heterocycles. The summed E-state index contributed by atoms with van der Waals surface area (Å²) in [6.45, 7) is 3.01. The third-order valence-corrected chi connectivity index (χ3v) is 4.23. The molecule has 1 aliphatic heterocycles. The first kappa shape index (κ1) is 15.4. The Morgan fingerprint density at radius 1 is 1.39 bits per heavy atom. The van der Waals surface area contributed by atoms with Gasteiger partial charge in [-0.2, -0.15) is 5.10 Å². The van der Waals surface area contributed by atoms with E-state index in [0.29, 0.717) is 24.6 Å². The number of benzene rings is 1. The van der Waals surface area contributed by atoms with Gasteiger partial charge < -0.3 is 4.90 Å². The maximum Gasteiger partial charge on any atom is 0.274 e. The van der Waals surface area contributed by atoms with E-state index in [1.165, 1.54) is 12.1 Å². The maximum absolute atomic E-state index is 13.6. The molecule has 0 saturated carbocycles. The van der Waals surface area contributed by atoms with Crippen LogP contribution in [0.25, 0.3) is 0 Å². The van der Waals surface area contributed by atoms with E-state index < -0.39 is 0 Å². The van der Waals surface area contributed by atoms with E-state index in [9.17, 15) is 14.0 Å². The molecular weight excluding hydrogens is 297 g/mol. The van der Waals surface area contributed by atoms with E-state index in [-0.39, 0.29) is 23.0 Å². The summed E-state index contributed by atoms with van der Waals surface area (Å²) in [4.78, 5) is 25.1. The van der Waals surface area contributed by atoms with Crippen molar-refractivity contribution < 1.29 is 9.18 Å². The van der Waals surface area contributed by atoms with E-state index in [0.717, 1.165) is 18.4 Å². The number of nitrogens with zero attached hydrogens (tertiary/aromatic N) is 2. The Morgan fingerprint density at radius 3 is 2.91 bits per heavy atom. The van der Waals surface area contributed by atoms with E-state index in [2.05, 4.69) is 10.2 Å². The fourth-order valence-corrected chi connectivity index (χ4v) is 2.91. The molecule has 1 N–H and O–H groups in total. The van der Waals surface area contributed by atoms with Gasteiger partial charge in [0, 0.05) is 19.2 Å². The van der Waals surface area contributed by atoms with E-state index in [1.807, 2.05) is 6.07 Å². The number of nitrogens with one attached hydrogen (secondary N) is 1. The van der Waals surface area contributed by atoms with Gasteiger partial charge in [0.05, 0.1) is 0 Å². The lowest BCUT2D eigenvalue weighted by molar-refractivity contribution is 0.0780. The third-order valence-electron chi connectivity index (χ3n) is 4.23. The number of hydrogen-bond acceptors (Lipinski definition) is 3. The number of rotatable bonds is 3. The summed E-state index contributed by atoms with van der Waals surface area (Å²) in [6.07, 6.45) is 1.63. The Kier molecular flexibility index (Phi) is 4.23. The van der Waals surface area contributed by atoms with Gasteiger partial charge in [-0.3, -0.25) is 9.59 Å². The molecule has 2 aromatic rings. The van der Waals surface area contributed by atoms with Crippen molar-refractivity contribution in [2.75, 3.05) is 13.1 Å². The summed E-state index contributed by atoms with van der Waals surface area (Å²) in [5.41, 5.74) is 1.50. The van der Waals surface area contributed by atoms with Gasteiger partial charge in [-0.25, -0.2) is 9.49 Å². The van der Waals surface area contributed by atoms with Gasteiger partial charge in [-0.15, -0.1) is 0 Å². The first-order valence-electron chi connectivity index (χ1n) is 7.63. The van der Waals surface area contributed by atoms with E-state index in [4.69, 9.17) is 0 Å². The molecule has 1 aromatic carbocycles. The molecule has 120 valence electrons. The van der Waals surface area contributed by atoms with Gasteiger partial charge in [-0.1, -0.05) is 12.1 Å². The molecule has 1 amide bonds. The first-order chi connectivity index (χ1) is 11.0. The molecule has 0 aliphatic carbocycles. The molecular formula is C17H18FN3O2. The van der Waals surface area contributed by atoms with Gasteiger partial charge in [-0.05, 0) is 48.9 Å². The van der Waals surface area contributed by atoms with Crippen LogP contribution >= 0.6 is 0 Å². The average molecular weight is 315 g/mol. The minimum Gasteiger partial charge on any atom is -0.337 e. The lowest BCUT2D eigenvalue weighted by Gasteiger charge is -2.16. The van der Waals surface area contributed by atoms with Gasteiger partial charge >= 0.3 is 0 Å². The molecule has 1 atom stereocenters. The van der Waals surface area contributed by atoms with E-state index >= 15 is 0 Å². The number of amides is 1. The summed E-state index contributed by atoms with van der Waals surface area (Å²) >= 11 is 0. The lowest BCUT2D eigenvalue weighted by Crippen LogP contribution is -2.30. The lowest BCUT2D eigenvalue weighted by atomic mass is 9.98. The average Bonchev–Trinajstić information content (AvgIpc) is 2.99. The molecule has 1 aliphatic rings. The molecule has 3 rings (SSSR count). The molecule has 6 heteroatoms.